The van der Waals surface area contributed by atoms with Gasteiger partial charge in [-0.2, -0.15) is 0 Å². The minimum absolute atomic E-state index is 0.125. The van der Waals surface area contributed by atoms with Crippen LogP contribution in [-0.2, 0) is 0 Å². The summed E-state index contributed by atoms with van der Waals surface area (Å²) in [6.45, 7) is 3.66. The molecule has 35 heavy (non-hydrogen) atoms. The molecule has 3 aromatic carbocycles. The maximum atomic E-state index is 12.7. The molecule has 0 saturated carbocycles. The number of hydrogen-bond acceptors (Lipinski definition) is 6. The molecule has 1 N–H and O–H groups in total. The highest BCUT2D eigenvalue weighted by molar-refractivity contribution is 7.22. The third-order valence-electron chi connectivity index (χ3n) is 6.12. The lowest BCUT2D eigenvalue weighted by Gasteiger charge is -2.20. The van der Waals surface area contributed by atoms with Gasteiger partial charge in [-0.1, -0.05) is 54.6 Å². The monoisotopic (exact) mass is 482 g/mol. The molecule has 0 aliphatic rings. The van der Waals surface area contributed by atoms with Crippen LogP contribution in [0.2, 0.25) is 0 Å². The number of aromatic nitrogens is 1. The van der Waals surface area contributed by atoms with Crippen LogP contribution in [0.4, 0.5) is 0 Å². The van der Waals surface area contributed by atoms with Gasteiger partial charge < -0.3 is 9.84 Å². The summed E-state index contributed by atoms with van der Waals surface area (Å²) in [6, 6.07) is 22.6. The van der Waals surface area contributed by atoms with E-state index in [0.717, 1.165) is 31.7 Å². The van der Waals surface area contributed by atoms with E-state index in [1.807, 2.05) is 68.4 Å². The molecule has 2 aromatic heterocycles. The van der Waals surface area contributed by atoms with Gasteiger partial charge in [0.25, 0.3) is 0 Å². The Balaban J connectivity index is 1.73. The lowest BCUT2D eigenvalue weighted by atomic mass is 10.0. The largest absolute Gasteiger partial charge is 0.483 e. The summed E-state index contributed by atoms with van der Waals surface area (Å²) in [6.07, 6.45) is -0.654. The van der Waals surface area contributed by atoms with E-state index in [2.05, 4.69) is 11.2 Å². The van der Waals surface area contributed by atoms with E-state index in [9.17, 15) is 14.8 Å². The molecule has 0 unspecified atom stereocenters. The molecule has 6 nitrogen and oxygen atoms in total. The van der Waals surface area contributed by atoms with Crippen molar-refractivity contribution in [2.24, 2.45) is 5.18 Å². The summed E-state index contributed by atoms with van der Waals surface area (Å²) in [5.41, 5.74) is 3.95. The number of hydrogen-bond donors (Lipinski definition) is 1. The van der Waals surface area contributed by atoms with Gasteiger partial charge in [-0.3, -0.25) is 4.79 Å². The number of ether oxygens (including phenoxy) is 1. The van der Waals surface area contributed by atoms with Crippen LogP contribution >= 0.6 is 11.3 Å². The zero-order valence-electron chi connectivity index (χ0n) is 19.2. The third-order valence-corrected chi connectivity index (χ3v) is 7.42. The van der Waals surface area contributed by atoms with Crippen LogP contribution in [0.25, 0.3) is 31.6 Å². The topological polar surface area (TPSA) is 88.9 Å². The standard InChI is InChI=1S/C28H22N2O4S/c1-16-12-13-22(34-23(15-31)18-8-4-3-5-9-18)25-20(28(32)30-33)14-21(29-26(16)25)27-17(2)19-10-6-7-11-24(19)35-27/h3-14,23,31H,15H2,1-2H3/t23-/m0/s1. The van der Waals surface area contributed by atoms with Crippen molar-refractivity contribution in [1.82, 2.24) is 4.98 Å². The predicted octanol–water partition coefficient (Wildman–Crippen LogP) is 6.75. The van der Waals surface area contributed by atoms with Crippen molar-refractivity contribution in [3.05, 3.63) is 100.0 Å². The fourth-order valence-electron chi connectivity index (χ4n) is 4.33. The minimum Gasteiger partial charge on any atom is -0.483 e. The Morgan fingerprint density at radius 1 is 1.06 bits per heavy atom. The lowest BCUT2D eigenvalue weighted by Crippen LogP contribution is -2.13. The Morgan fingerprint density at radius 3 is 2.51 bits per heavy atom. The smallest absolute Gasteiger partial charge is 0.317 e. The number of carbonyl (C=O) groups excluding carboxylic acids is 1. The van der Waals surface area contributed by atoms with E-state index < -0.39 is 12.0 Å². The maximum Gasteiger partial charge on any atom is 0.317 e. The van der Waals surface area contributed by atoms with E-state index in [4.69, 9.17) is 9.72 Å². The zero-order chi connectivity index (χ0) is 24.5. The van der Waals surface area contributed by atoms with Crippen LogP contribution < -0.4 is 4.74 Å². The molecule has 0 spiro atoms. The van der Waals surface area contributed by atoms with Crippen LogP contribution in [0.5, 0.6) is 5.75 Å². The number of rotatable bonds is 6. The van der Waals surface area contributed by atoms with Gasteiger partial charge in [0.15, 0.2) is 0 Å². The molecule has 5 aromatic rings. The minimum atomic E-state index is -0.895. The molecule has 1 atom stereocenters. The first-order chi connectivity index (χ1) is 17.0. The summed E-state index contributed by atoms with van der Waals surface area (Å²) in [4.78, 5) is 30.0. The molecular formula is C28H22N2O4S. The Bertz CT molecular complexity index is 1580. The summed E-state index contributed by atoms with van der Waals surface area (Å²) < 4.78 is 7.30. The van der Waals surface area contributed by atoms with Gasteiger partial charge in [0.05, 0.1) is 33.6 Å². The fraction of sp³-hybridized carbons (Fsp3) is 0.143. The van der Waals surface area contributed by atoms with E-state index in [0.29, 0.717) is 22.3 Å². The molecular weight excluding hydrogens is 460 g/mol. The third kappa shape index (κ3) is 4.09. The molecule has 7 heteroatoms. The summed E-state index contributed by atoms with van der Waals surface area (Å²) in [7, 11) is 0. The average molecular weight is 483 g/mol. The fourth-order valence-corrected chi connectivity index (χ4v) is 5.50. The number of benzene rings is 3. The van der Waals surface area contributed by atoms with E-state index >= 15 is 0 Å². The second-order valence-corrected chi connectivity index (χ2v) is 9.36. The van der Waals surface area contributed by atoms with Crippen molar-refractivity contribution in [2.45, 2.75) is 20.0 Å². The molecule has 0 radical (unpaired) electrons. The van der Waals surface area contributed by atoms with E-state index in [-0.39, 0.29) is 12.2 Å². The number of thiophene rings is 1. The first-order valence-electron chi connectivity index (χ1n) is 11.1. The number of nitrogens with zero attached hydrogens (tertiary/aromatic N) is 2. The van der Waals surface area contributed by atoms with E-state index in [1.165, 1.54) is 0 Å². The number of pyridine rings is 1. The van der Waals surface area contributed by atoms with Crippen molar-refractivity contribution in [1.29, 1.82) is 0 Å². The van der Waals surface area contributed by atoms with Crippen LogP contribution in [0.1, 0.15) is 33.2 Å². The van der Waals surface area contributed by atoms with Crippen LogP contribution in [0.3, 0.4) is 0 Å². The Hall–Kier alpha value is -3.94. The Labute approximate surface area is 205 Å². The summed E-state index contributed by atoms with van der Waals surface area (Å²) in [5.74, 6) is -0.541. The summed E-state index contributed by atoms with van der Waals surface area (Å²) >= 11 is 1.59. The van der Waals surface area contributed by atoms with Crippen LogP contribution in [0.15, 0.2) is 78.0 Å². The number of aliphatic hydroxyl groups excluding tert-OH is 1. The van der Waals surface area contributed by atoms with Gasteiger partial charge in [-0.25, -0.2) is 4.98 Å². The van der Waals surface area contributed by atoms with Crippen molar-refractivity contribution < 1.29 is 14.6 Å². The number of nitroso groups, excluding NO2 is 1. The number of aliphatic hydroxyl groups is 1. The maximum absolute atomic E-state index is 12.7. The molecule has 0 saturated heterocycles. The van der Waals surface area contributed by atoms with Crippen molar-refractivity contribution in [3.63, 3.8) is 0 Å². The van der Waals surface area contributed by atoms with Crippen molar-refractivity contribution in [2.75, 3.05) is 6.61 Å². The van der Waals surface area contributed by atoms with E-state index in [1.54, 1.807) is 23.5 Å². The molecule has 0 aliphatic heterocycles. The normalized spacial score (nSPS) is 12.1. The van der Waals surface area contributed by atoms with Gasteiger partial charge in [-0.15, -0.1) is 16.2 Å². The Morgan fingerprint density at radius 2 is 1.80 bits per heavy atom. The van der Waals surface area contributed by atoms with Crippen LogP contribution in [-0.4, -0.2) is 22.6 Å². The number of amides is 1. The molecule has 2 heterocycles. The van der Waals surface area contributed by atoms with Crippen molar-refractivity contribution in [3.8, 4) is 16.3 Å². The second kappa shape index (κ2) is 9.37. The van der Waals surface area contributed by atoms with Crippen LogP contribution in [0, 0.1) is 18.8 Å². The number of carbonyl (C=O) groups is 1. The molecule has 0 bridgehead atoms. The van der Waals surface area contributed by atoms with Gasteiger partial charge in [0.2, 0.25) is 0 Å². The predicted molar refractivity (Wildman–Crippen MR) is 139 cm³/mol. The van der Waals surface area contributed by atoms with Gasteiger partial charge in [0, 0.05) is 9.88 Å². The SMILES string of the molecule is Cc1c(-c2cc(C(=O)N=O)c3c(O[C@@H](CO)c4ccccc4)ccc(C)c3n2)sc2ccccc12. The number of aryl methyl sites for hydroxylation is 2. The highest BCUT2D eigenvalue weighted by atomic mass is 32.1. The Kier molecular flexibility index (Phi) is 6.11. The summed E-state index contributed by atoms with van der Waals surface area (Å²) in [5, 5.41) is 14.3. The first-order valence-corrected chi connectivity index (χ1v) is 12.0. The average Bonchev–Trinajstić information content (AvgIpc) is 3.24. The highest BCUT2D eigenvalue weighted by Crippen LogP contribution is 2.41. The first kappa shape index (κ1) is 22.8. The molecule has 1 amide bonds. The number of fused-ring (bicyclic) bond motifs is 2. The second-order valence-electron chi connectivity index (χ2n) is 8.31. The van der Waals surface area contributed by atoms with Crippen molar-refractivity contribution >= 4 is 38.2 Å². The van der Waals surface area contributed by atoms with Gasteiger partial charge in [-0.05, 0) is 54.1 Å². The van der Waals surface area contributed by atoms with Gasteiger partial charge in [0.1, 0.15) is 11.9 Å². The highest BCUT2D eigenvalue weighted by Gasteiger charge is 2.23. The molecule has 174 valence electrons. The molecule has 0 fully saturated rings. The lowest BCUT2D eigenvalue weighted by molar-refractivity contribution is 0.100. The van der Waals surface area contributed by atoms with Gasteiger partial charge >= 0.3 is 5.91 Å². The zero-order valence-corrected chi connectivity index (χ0v) is 20.0. The molecule has 5 rings (SSSR count). The quantitative estimate of drug-likeness (QED) is 0.270. The molecule has 0 aliphatic carbocycles.